The van der Waals surface area contributed by atoms with Gasteiger partial charge in [-0.2, -0.15) is 0 Å². The molecule has 4 aromatic rings. The Balaban J connectivity index is 1.72. The van der Waals surface area contributed by atoms with Gasteiger partial charge in [-0.1, -0.05) is 53.9 Å². The molecule has 4 nitrogen and oxygen atoms in total. The molecule has 4 rings (SSSR count). The number of aromatic amines is 1. The van der Waals surface area contributed by atoms with Gasteiger partial charge in [-0.15, -0.1) is 0 Å². The Hall–Kier alpha value is -2.57. The quantitative estimate of drug-likeness (QED) is 0.407. The van der Waals surface area contributed by atoms with Gasteiger partial charge in [-0.05, 0) is 31.2 Å². The first-order valence-corrected chi connectivity index (χ1v) is 8.71. The molecule has 2 aromatic carbocycles. The van der Waals surface area contributed by atoms with Gasteiger partial charge in [0.15, 0.2) is 0 Å². The van der Waals surface area contributed by atoms with Crippen LogP contribution in [0.4, 0.5) is 5.13 Å². The monoisotopic (exact) mass is 350 g/mol. The van der Waals surface area contributed by atoms with E-state index in [1.54, 1.807) is 17.6 Å². The number of aromatic nitrogens is 3. The predicted octanol–water partition coefficient (Wildman–Crippen LogP) is 5.20. The average molecular weight is 350 g/mol. The SMILES string of the molecule is Cc1[nH]n(-c2ccccc2)c(=S)c1C=Nc1nc2ccccc2s1. The van der Waals surface area contributed by atoms with E-state index in [0.717, 1.165) is 32.3 Å². The van der Waals surface area contributed by atoms with E-state index >= 15 is 0 Å². The van der Waals surface area contributed by atoms with Crippen LogP contribution in [-0.2, 0) is 0 Å². The molecule has 0 bridgehead atoms. The number of fused-ring (bicyclic) bond motifs is 1. The molecule has 0 spiro atoms. The van der Waals surface area contributed by atoms with Gasteiger partial charge in [-0.3, -0.25) is 5.10 Å². The van der Waals surface area contributed by atoms with E-state index in [2.05, 4.69) is 21.1 Å². The molecule has 0 aliphatic rings. The first kappa shape index (κ1) is 15.0. The number of rotatable bonds is 3. The maximum atomic E-state index is 5.60. The number of hydrogen-bond donors (Lipinski definition) is 1. The fourth-order valence-corrected chi connectivity index (χ4v) is 3.67. The minimum atomic E-state index is 0.712. The summed E-state index contributed by atoms with van der Waals surface area (Å²) >= 11 is 7.17. The number of hydrogen-bond acceptors (Lipinski definition) is 4. The fraction of sp³-hybridized carbons (Fsp3) is 0.0556. The largest absolute Gasteiger partial charge is 0.297 e. The Morgan fingerprint density at radius 1 is 1.12 bits per heavy atom. The number of aliphatic imine (C=N–C) groups is 1. The van der Waals surface area contributed by atoms with Crippen molar-refractivity contribution in [3.8, 4) is 5.69 Å². The molecule has 24 heavy (non-hydrogen) atoms. The van der Waals surface area contributed by atoms with Gasteiger partial charge in [0.2, 0.25) is 5.13 Å². The Morgan fingerprint density at radius 2 is 1.88 bits per heavy atom. The first-order valence-electron chi connectivity index (χ1n) is 7.49. The normalized spacial score (nSPS) is 11.5. The number of H-pyrrole nitrogens is 1. The molecule has 0 atom stereocenters. The second kappa shape index (κ2) is 6.14. The molecule has 6 heteroatoms. The third kappa shape index (κ3) is 2.70. The van der Waals surface area contributed by atoms with Crippen LogP contribution in [0, 0.1) is 11.6 Å². The van der Waals surface area contributed by atoms with Crippen LogP contribution in [0.3, 0.4) is 0 Å². The van der Waals surface area contributed by atoms with Crippen molar-refractivity contribution < 1.29 is 0 Å². The summed E-state index contributed by atoms with van der Waals surface area (Å²) in [5, 5.41) is 4.03. The van der Waals surface area contributed by atoms with Crippen LogP contribution in [-0.4, -0.2) is 21.0 Å². The van der Waals surface area contributed by atoms with Crippen LogP contribution in [0.15, 0.2) is 59.6 Å². The van der Waals surface area contributed by atoms with Crippen molar-refractivity contribution in [3.63, 3.8) is 0 Å². The molecule has 0 saturated carbocycles. The minimum absolute atomic E-state index is 0.712. The van der Waals surface area contributed by atoms with Gasteiger partial charge in [0.1, 0.15) is 4.64 Å². The van der Waals surface area contributed by atoms with E-state index in [1.807, 2.05) is 60.1 Å². The van der Waals surface area contributed by atoms with Gasteiger partial charge in [0, 0.05) is 11.9 Å². The average Bonchev–Trinajstić information content (AvgIpc) is 3.14. The summed E-state index contributed by atoms with van der Waals surface area (Å²) in [4.78, 5) is 9.05. The number of aryl methyl sites for hydroxylation is 1. The van der Waals surface area contributed by atoms with E-state index in [9.17, 15) is 0 Å². The number of nitrogens with zero attached hydrogens (tertiary/aromatic N) is 3. The van der Waals surface area contributed by atoms with Crippen LogP contribution in [0.1, 0.15) is 11.3 Å². The molecule has 0 aliphatic heterocycles. The summed E-state index contributed by atoms with van der Waals surface area (Å²) < 4.78 is 3.74. The third-order valence-corrected chi connectivity index (χ3v) is 5.06. The molecule has 0 fully saturated rings. The van der Waals surface area contributed by atoms with E-state index in [-0.39, 0.29) is 0 Å². The van der Waals surface area contributed by atoms with Crippen LogP contribution < -0.4 is 0 Å². The smallest absolute Gasteiger partial charge is 0.210 e. The second-order valence-electron chi connectivity index (χ2n) is 5.35. The summed E-state index contributed by atoms with van der Waals surface area (Å²) in [6.45, 7) is 1.99. The maximum Gasteiger partial charge on any atom is 0.210 e. The molecule has 0 saturated heterocycles. The van der Waals surface area contributed by atoms with Crippen molar-refractivity contribution in [2.75, 3.05) is 0 Å². The highest BCUT2D eigenvalue weighted by Crippen LogP contribution is 2.27. The number of para-hydroxylation sites is 2. The lowest BCUT2D eigenvalue weighted by Gasteiger charge is -2.00. The molecule has 0 aliphatic carbocycles. The topological polar surface area (TPSA) is 46.0 Å². The van der Waals surface area contributed by atoms with Gasteiger partial charge in [0.05, 0.1) is 21.5 Å². The first-order chi connectivity index (χ1) is 11.7. The van der Waals surface area contributed by atoms with E-state index in [1.165, 1.54) is 0 Å². The van der Waals surface area contributed by atoms with Crippen molar-refractivity contribution in [2.24, 2.45) is 4.99 Å². The zero-order valence-electron chi connectivity index (χ0n) is 12.9. The van der Waals surface area contributed by atoms with Crippen molar-refractivity contribution in [3.05, 3.63) is 70.5 Å². The lowest BCUT2D eigenvalue weighted by Crippen LogP contribution is -1.95. The molecule has 1 N–H and O–H groups in total. The van der Waals surface area contributed by atoms with E-state index < -0.39 is 0 Å². The van der Waals surface area contributed by atoms with Gasteiger partial charge in [0.25, 0.3) is 0 Å². The van der Waals surface area contributed by atoms with Gasteiger partial charge in [-0.25, -0.2) is 14.7 Å². The zero-order valence-corrected chi connectivity index (χ0v) is 14.6. The van der Waals surface area contributed by atoms with Crippen molar-refractivity contribution in [1.29, 1.82) is 0 Å². The van der Waals surface area contributed by atoms with Crippen LogP contribution >= 0.6 is 23.6 Å². The second-order valence-corrected chi connectivity index (χ2v) is 6.74. The molecule has 0 amide bonds. The fourth-order valence-electron chi connectivity index (χ4n) is 2.51. The van der Waals surface area contributed by atoms with Crippen LogP contribution in [0.25, 0.3) is 15.9 Å². The summed E-state index contributed by atoms with van der Waals surface area (Å²) in [6.07, 6.45) is 1.80. The Bertz CT molecular complexity index is 1050. The van der Waals surface area contributed by atoms with Crippen molar-refractivity contribution >= 4 is 45.1 Å². The predicted molar refractivity (Wildman–Crippen MR) is 103 cm³/mol. The summed E-state index contributed by atoms with van der Waals surface area (Å²) in [5.41, 5.74) is 3.87. The molecule has 0 unspecified atom stereocenters. The van der Waals surface area contributed by atoms with Crippen LogP contribution in [0.2, 0.25) is 0 Å². The van der Waals surface area contributed by atoms with E-state index in [0.29, 0.717) is 4.64 Å². The Kier molecular flexibility index (Phi) is 3.84. The standard InChI is InChI=1S/C18H14N4S2/c1-12-14(17(23)22(21-12)13-7-3-2-4-8-13)11-19-18-20-15-9-5-6-10-16(15)24-18/h2-11,21H,1H3. The lowest BCUT2D eigenvalue weighted by molar-refractivity contribution is 0.853. The van der Waals surface area contributed by atoms with Crippen molar-refractivity contribution in [2.45, 2.75) is 6.92 Å². The molecule has 0 radical (unpaired) electrons. The Labute approximate surface area is 148 Å². The number of thiazole rings is 1. The number of benzene rings is 2. The Morgan fingerprint density at radius 3 is 2.67 bits per heavy atom. The highest BCUT2D eigenvalue weighted by molar-refractivity contribution is 7.71. The molecular weight excluding hydrogens is 336 g/mol. The van der Waals surface area contributed by atoms with Crippen molar-refractivity contribution in [1.82, 2.24) is 14.8 Å². The number of nitrogens with one attached hydrogen (secondary N) is 1. The molecule has 2 heterocycles. The summed E-state index contributed by atoms with van der Waals surface area (Å²) in [5.74, 6) is 0. The highest BCUT2D eigenvalue weighted by atomic mass is 32.1. The summed E-state index contributed by atoms with van der Waals surface area (Å²) in [7, 11) is 0. The lowest BCUT2D eigenvalue weighted by atomic mass is 10.3. The van der Waals surface area contributed by atoms with Gasteiger partial charge < -0.3 is 0 Å². The van der Waals surface area contributed by atoms with Crippen LogP contribution in [0.5, 0.6) is 0 Å². The zero-order chi connectivity index (χ0) is 16.5. The van der Waals surface area contributed by atoms with E-state index in [4.69, 9.17) is 12.2 Å². The summed E-state index contributed by atoms with van der Waals surface area (Å²) in [6, 6.07) is 18.0. The third-order valence-electron chi connectivity index (χ3n) is 3.72. The maximum absolute atomic E-state index is 5.60. The molecular formula is C18H14N4S2. The van der Waals surface area contributed by atoms with Gasteiger partial charge >= 0.3 is 0 Å². The molecule has 2 aromatic heterocycles. The highest BCUT2D eigenvalue weighted by Gasteiger charge is 2.08. The minimum Gasteiger partial charge on any atom is -0.297 e. The molecule has 118 valence electrons.